The summed E-state index contributed by atoms with van der Waals surface area (Å²) in [6.07, 6.45) is 3.36. The molecule has 164 valence electrons. The average molecular weight is 432 g/mol. The Morgan fingerprint density at radius 3 is 2.56 bits per heavy atom. The van der Waals surface area contributed by atoms with Crippen molar-refractivity contribution in [3.63, 3.8) is 0 Å². The van der Waals surface area contributed by atoms with E-state index in [1.807, 2.05) is 49.4 Å². The van der Waals surface area contributed by atoms with Crippen molar-refractivity contribution in [3.8, 4) is 17.3 Å². The minimum atomic E-state index is -0.240. The second-order valence-corrected chi connectivity index (χ2v) is 7.97. The fourth-order valence-corrected chi connectivity index (χ4v) is 4.14. The number of methoxy groups -OCH3 is 1. The highest BCUT2D eigenvalue weighted by molar-refractivity contribution is 5.78. The van der Waals surface area contributed by atoms with Gasteiger partial charge in [-0.3, -0.25) is 9.36 Å². The van der Waals surface area contributed by atoms with E-state index in [1.54, 1.807) is 11.8 Å². The predicted octanol–water partition coefficient (Wildman–Crippen LogP) is 2.21. The lowest BCUT2D eigenvalue weighted by Crippen LogP contribution is -2.40. The van der Waals surface area contributed by atoms with Crippen LogP contribution in [0.15, 0.2) is 53.6 Å². The SMILES string of the molecule is COc1nc(N2CCC(N)CC2)ccc1-n1cnc2c(C)nn(-c3ccccc3)c2c1=O. The highest BCUT2D eigenvalue weighted by Gasteiger charge is 2.21. The molecule has 1 aliphatic rings. The van der Waals surface area contributed by atoms with Crippen LogP contribution in [0.5, 0.6) is 5.88 Å². The molecule has 0 atom stereocenters. The zero-order chi connectivity index (χ0) is 22.2. The zero-order valence-corrected chi connectivity index (χ0v) is 18.1. The minimum absolute atomic E-state index is 0.238. The Morgan fingerprint density at radius 1 is 1.09 bits per heavy atom. The van der Waals surface area contributed by atoms with Crippen molar-refractivity contribution in [2.24, 2.45) is 5.73 Å². The van der Waals surface area contributed by atoms with Gasteiger partial charge in [0.2, 0.25) is 5.88 Å². The molecule has 1 saturated heterocycles. The molecule has 0 amide bonds. The van der Waals surface area contributed by atoms with E-state index in [1.165, 1.54) is 10.9 Å². The summed E-state index contributed by atoms with van der Waals surface area (Å²) in [5.41, 5.74) is 8.79. The number of aryl methyl sites for hydroxylation is 1. The van der Waals surface area contributed by atoms with E-state index in [2.05, 4.69) is 20.0 Å². The Bertz CT molecular complexity index is 1320. The standard InChI is InChI=1S/C23H25N7O2/c1-15-20-21(30(27-15)17-6-4-3-5-7-17)23(31)29(14-25-20)18-8-9-19(26-22(18)32-2)28-12-10-16(24)11-13-28/h3-9,14,16H,10-13,24H2,1-2H3. The Morgan fingerprint density at radius 2 is 1.84 bits per heavy atom. The van der Waals surface area contributed by atoms with Gasteiger partial charge < -0.3 is 15.4 Å². The van der Waals surface area contributed by atoms with Crippen molar-refractivity contribution in [2.75, 3.05) is 25.1 Å². The van der Waals surface area contributed by atoms with E-state index >= 15 is 0 Å². The topological polar surface area (TPSA) is 104 Å². The number of pyridine rings is 1. The highest BCUT2D eigenvalue weighted by Crippen LogP contribution is 2.26. The van der Waals surface area contributed by atoms with Gasteiger partial charge in [-0.25, -0.2) is 9.67 Å². The molecule has 0 aliphatic carbocycles. The Labute approximate surface area is 185 Å². The molecule has 9 heteroatoms. The molecule has 1 fully saturated rings. The molecule has 9 nitrogen and oxygen atoms in total. The molecule has 4 aromatic rings. The van der Waals surface area contributed by atoms with Crippen molar-refractivity contribution < 1.29 is 4.74 Å². The van der Waals surface area contributed by atoms with Crippen LogP contribution in [-0.2, 0) is 0 Å². The second kappa shape index (κ2) is 8.08. The molecule has 0 saturated carbocycles. The number of ether oxygens (including phenoxy) is 1. The lowest BCUT2D eigenvalue weighted by molar-refractivity contribution is 0.394. The lowest BCUT2D eigenvalue weighted by Gasteiger charge is -2.31. The van der Waals surface area contributed by atoms with Gasteiger partial charge in [0.15, 0.2) is 5.52 Å². The quantitative estimate of drug-likeness (QED) is 0.528. The van der Waals surface area contributed by atoms with Crippen LogP contribution < -0.4 is 20.9 Å². The highest BCUT2D eigenvalue weighted by atomic mass is 16.5. The first kappa shape index (κ1) is 20.2. The third-order valence-corrected chi connectivity index (χ3v) is 5.90. The summed E-state index contributed by atoms with van der Waals surface area (Å²) in [7, 11) is 1.55. The van der Waals surface area contributed by atoms with E-state index in [0.717, 1.165) is 37.4 Å². The summed E-state index contributed by atoms with van der Waals surface area (Å²) in [5, 5.41) is 4.56. The summed E-state index contributed by atoms with van der Waals surface area (Å²) in [4.78, 5) is 25.0. The average Bonchev–Trinajstić information content (AvgIpc) is 3.17. The van der Waals surface area contributed by atoms with E-state index in [0.29, 0.717) is 28.3 Å². The summed E-state index contributed by atoms with van der Waals surface area (Å²) in [6.45, 7) is 3.54. The van der Waals surface area contributed by atoms with Crippen molar-refractivity contribution in [1.29, 1.82) is 0 Å². The molecule has 1 aliphatic heterocycles. The van der Waals surface area contributed by atoms with Gasteiger partial charge in [0.05, 0.1) is 18.5 Å². The van der Waals surface area contributed by atoms with Crippen LogP contribution >= 0.6 is 0 Å². The number of piperidine rings is 1. The largest absolute Gasteiger partial charge is 0.479 e. The van der Waals surface area contributed by atoms with Crippen molar-refractivity contribution in [1.82, 2.24) is 24.3 Å². The number of hydrogen-bond acceptors (Lipinski definition) is 7. The van der Waals surface area contributed by atoms with E-state index in [-0.39, 0.29) is 11.6 Å². The van der Waals surface area contributed by atoms with Crippen LogP contribution in [0.2, 0.25) is 0 Å². The van der Waals surface area contributed by atoms with Gasteiger partial charge in [0.25, 0.3) is 5.56 Å². The predicted molar refractivity (Wildman–Crippen MR) is 123 cm³/mol. The Hall–Kier alpha value is -3.72. The van der Waals surface area contributed by atoms with Crippen LogP contribution in [0.25, 0.3) is 22.4 Å². The van der Waals surface area contributed by atoms with E-state index < -0.39 is 0 Å². The molecule has 0 bridgehead atoms. The van der Waals surface area contributed by atoms with Gasteiger partial charge in [-0.2, -0.15) is 10.1 Å². The van der Waals surface area contributed by atoms with Crippen molar-refractivity contribution in [2.45, 2.75) is 25.8 Å². The van der Waals surface area contributed by atoms with Gasteiger partial charge in [-0.05, 0) is 44.0 Å². The van der Waals surface area contributed by atoms with Crippen LogP contribution in [0.4, 0.5) is 5.82 Å². The molecule has 0 unspecified atom stereocenters. The van der Waals surface area contributed by atoms with Gasteiger partial charge in [0.1, 0.15) is 23.3 Å². The maximum atomic E-state index is 13.6. The minimum Gasteiger partial charge on any atom is -0.479 e. The summed E-state index contributed by atoms with van der Waals surface area (Å²) in [6, 6.07) is 13.5. The Kier molecular flexibility index (Phi) is 5.10. The summed E-state index contributed by atoms with van der Waals surface area (Å²) in [5.74, 6) is 1.17. The zero-order valence-electron chi connectivity index (χ0n) is 18.1. The van der Waals surface area contributed by atoms with E-state index in [9.17, 15) is 4.79 Å². The molecular weight excluding hydrogens is 406 g/mol. The maximum Gasteiger partial charge on any atom is 0.284 e. The van der Waals surface area contributed by atoms with E-state index in [4.69, 9.17) is 10.5 Å². The molecule has 3 aromatic heterocycles. The molecular formula is C23H25N7O2. The third-order valence-electron chi connectivity index (χ3n) is 5.90. The van der Waals surface area contributed by atoms with Crippen molar-refractivity contribution in [3.05, 3.63) is 64.8 Å². The number of para-hydroxylation sites is 1. The molecule has 2 N–H and O–H groups in total. The monoisotopic (exact) mass is 431 g/mol. The molecule has 0 radical (unpaired) electrons. The number of anilines is 1. The van der Waals surface area contributed by atoms with Crippen LogP contribution in [-0.4, -0.2) is 50.6 Å². The number of aromatic nitrogens is 5. The number of fused-ring (bicyclic) bond motifs is 1. The van der Waals surface area contributed by atoms with Gasteiger partial charge in [-0.15, -0.1) is 0 Å². The normalized spacial score (nSPS) is 14.8. The molecule has 5 rings (SSSR count). The maximum absolute atomic E-state index is 13.6. The first-order valence-electron chi connectivity index (χ1n) is 10.6. The first-order valence-corrected chi connectivity index (χ1v) is 10.6. The van der Waals surface area contributed by atoms with Crippen LogP contribution in [0.3, 0.4) is 0 Å². The molecule has 1 aromatic carbocycles. The number of nitrogens with two attached hydrogens (primary N) is 1. The fraction of sp³-hybridized carbons (Fsp3) is 0.304. The molecule has 32 heavy (non-hydrogen) atoms. The van der Waals surface area contributed by atoms with Gasteiger partial charge in [0, 0.05) is 19.1 Å². The molecule has 0 spiro atoms. The fourth-order valence-electron chi connectivity index (χ4n) is 4.14. The number of nitrogens with zero attached hydrogens (tertiary/aromatic N) is 6. The third kappa shape index (κ3) is 3.40. The first-order chi connectivity index (χ1) is 15.6. The van der Waals surface area contributed by atoms with Gasteiger partial charge in [-0.1, -0.05) is 18.2 Å². The van der Waals surface area contributed by atoms with Gasteiger partial charge >= 0.3 is 0 Å². The number of benzene rings is 1. The smallest absolute Gasteiger partial charge is 0.284 e. The number of hydrogen-bond donors (Lipinski definition) is 1. The van der Waals surface area contributed by atoms with Crippen LogP contribution in [0.1, 0.15) is 18.5 Å². The second-order valence-electron chi connectivity index (χ2n) is 7.97. The summed E-state index contributed by atoms with van der Waals surface area (Å²) >= 11 is 0. The Balaban J connectivity index is 1.62. The van der Waals surface area contributed by atoms with Crippen LogP contribution in [0, 0.1) is 6.92 Å². The molecule has 4 heterocycles. The number of rotatable bonds is 4. The summed E-state index contributed by atoms with van der Waals surface area (Å²) < 4.78 is 8.67. The lowest BCUT2D eigenvalue weighted by atomic mass is 10.1. The van der Waals surface area contributed by atoms with Crippen molar-refractivity contribution >= 4 is 16.9 Å².